The molecule has 0 aliphatic carbocycles. The molecule has 2 rings (SSSR count). The zero-order valence-electron chi connectivity index (χ0n) is 11.9. The molecule has 1 amide bonds. The fourth-order valence-electron chi connectivity index (χ4n) is 2.61. The van der Waals surface area contributed by atoms with Crippen molar-refractivity contribution < 1.29 is 9.18 Å². The predicted octanol–water partition coefficient (Wildman–Crippen LogP) is 2.55. The highest BCUT2D eigenvalue weighted by Crippen LogP contribution is 2.31. The van der Waals surface area contributed by atoms with Gasteiger partial charge in [0, 0.05) is 13.1 Å². The molecular formula is C15H22ClFN2O. The van der Waals surface area contributed by atoms with Gasteiger partial charge >= 0.3 is 0 Å². The predicted molar refractivity (Wildman–Crippen MR) is 80.4 cm³/mol. The minimum absolute atomic E-state index is 0. The first-order valence-corrected chi connectivity index (χ1v) is 6.70. The number of rotatable bonds is 3. The molecular weight excluding hydrogens is 279 g/mol. The van der Waals surface area contributed by atoms with Crippen LogP contribution in [0.2, 0.25) is 0 Å². The molecule has 0 bridgehead atoms. The van der Waals surface area contributed by atoms with Crippen molar-refractivity contribution in [2.75, 3.05) is 19.6 Å². The highest BCUT2D eigenvalue weighted by Gasteiger charge is 2.36. The zero-order chi connectivity index (χ0) is 14.0. The van der Waals surface area contributed by atoms with Gasteiger partial charge in [0.25, 0.3) is 0 Å². The topological polar surface area (TPSA) is 46.3 Å². The first-order chi connectivity index (χ1) is 8.97. The van der Waals surface area contributed by atoms with Gasteiger partial charge in [-0.15, -0.1) is 12.4 Å². The molecule has 20 heavy (non-hydrogen) atoms. The van der Waals surface area contributed by atoms with Gasteiger partial charge in [-0.25, -0.2) is 4.39 Å². The number of hydrogen-bond acceptors (Lipinski definition) is 2. The van der Waals surface area contributed by atoms with E-state index < -0.39 is 5.92 Å². The van der Waals surface area contributed by atoms with Crippen LogP contribution < -0.4 is 5.73 Å². The maximum atomic E-state index is 13.7. The number of benzene rings is 1. The highest BCUT2D eigenvalue weighted by atomic mass is 35.5. The Morgan fingerprint density at radius 2 is 2.15 bits per heavy atom. The van der Waals surface area contributed by atoms with Gasteiger partial charge in [0.2, 0.25) is 5.91 Å². The molecule has 0 saturated carbocycles. The van der Waals surface area contributed by atoms with Crippen molar-refractivity contribution in [3.05, 3.63) is 35.6 Å². The van der Waals surface area contributed by atoms with Gasteiger partial charge < -0.3 is 10.6 Å². The van der Waals surface area contributed by atoms with Crippen molar-refractivity contribution in [2.45, 2.75) is 26.2 Å². The van der Waals surface area contributed by atoms with Crippen LogP contribution in [0.4, 0.5) is 4.39 Å². The molecule has 5 heteroatoms. The van der Waals surface area contributed by atoms with E-state index in [-0.39, 0.29) is 29.5 Å². The number of amides is 1. The molecule has 1 aromatic carbocycles. The second-order valence-corrected chi connectivity index (χ2v) is 5.77. The molecule has 0 radical (unpaired) electrons. The van der Waals surface area contributed by atoms with Gasteiger partial charge in [-0.3, -0.25) is 4.79 Å². The minimum atomic E-state index is -0.443. The monoisotopic (exact) mass is 300 g/mol. The zero-order valence-corrected chi connectivity index (χ0v) is 12.8. The number of halogens is 2. The molecule has 2 N–H and O–H groups in total. The number of likely N-dealkylation sites (tertiary alicyclic amines) is 1. The van der Waals surface area contributed by atoms with Crippen LogP contribution in [0.15, 0.2) is 24.3 Å². The van der Waals surface area contributed by atoms with Crippen LogP contribution in [0.25, 0.3) is 0 Å². The maximum absolute atomic E-state index is 13.7. The van der Waals surface area contributed by atoms with E-state index in [0.29, 0.717) is 25.2 Å². The molecule has 2 unspecified atom stereocenters. The first kappa shape index (κ1) is 16.9. The van der Waals surface area contributed by atoms with Crippen LogP contribution in [0.1, 0.15) is 31.7 Å². The van der Waals surface area contributed by atoms with E-state index in [0.717, 1.165) is 6.42 Å². The van der Waals surface area contributed by atoms with Gasteiger partial charge in [-0.05, 0) is 36.9 Å². The molecule has 1 aliphatic rings. The molecule has 112 valence electrons. The van der Waals surface area contributed by atoms with Crippen LogP contribution in [-0.2, 0) is 4.79 Å². The number of carbonyl (C=O) groups excluding carboxylic acids is 1. The number of hydrogen-bond donors (Lipinski definition) is 1. The van der Waals surface area contributed by atoms with Crippen LogP contribution in [-0.4, -0.2) is 30.4 Å². The van der Waals surface area contributed by atoms with Crippen molar-refractivity contribution in [1.29, 1.82) is 0 Å². The largest absolute Gasteiger partial charge is 0.342 e. The van der Waals surface area contributed by atoms with Crippen molar-refractivity contribution in [3.63, 3.8) is 0 Å². The van der Waals surface area contributed by atoms with Gasteiger partial charge in [0.05, 0.1) is 5.92 Å². The SMILES string of the molecule is CC(C(=O)N1CCC(C)(CN)C1)c1ccccc1F.Cl. The Hall–Kier alpha value is -1.13. The third-order valence-electron chi connectivity index (χ3n) is 4.10. The molecule has 2 atom stereocenters. The lowest BCUT2D eigenvalue weighted by molar-refractivity contribution is -0.131. The Bertz CT molecular complexity index is 483. The second kappa shape index (κ2) is 6.55. The summed E-state index contributed by atoms with van der Waals surface area (Å²) in [7, 11) is 0. The Labute approximate surface area is 125 Å². The fraction of sp³-hybridized carbons (Fsp3) is 0.533. The van der Waals surface area contributed by atoms with Gasteiger partial charge in [-0.1, -0.05) is 25.1 Å². The smallest absolute Gasteiger partial charge is 0.229 e. The molecule has 1 heterocycles. The first-order valence-electron chi connectivity index (χ1n) is 6.70. The van der Waals surface area contributed by atoms with Crippen molar-refractivity contribution in [2.24, 2.45) is 11.1 Å². The third kappa shape index (κ3) is 3.30. The van der Waals surface area contributed by atoms with Crippen molar-refractivity contribution in [1.82, 2.24) is 4.90 Å². The lowest BCUT2D eigenvalue weighted by Crippen LogP contribution is -2.36. The van der Waals surface area contributed by atoms with Crippen LogP contribution in [0.5, 0.6) is 0 Å². The summed E-state index contributed by atoms with van der Waals surface area (Å²) >= 11 is 0. The standard InChI is InChI=1S/C15H21FN2O.ClH/c1-11(12-5-3-4-6-13(12)16)14(19)18-8-7-15(2,9-17)10-18;/h3-6,11H,7-10,17H2,1-2H3;1H. The van der Waals surface area contributed by atoms with E-state index in [1.54, 1.807) is 25.1 Å². The third-order valence-corrected chi connectivity index (χ3v) is 4.10. The van der Waals surface area contributed by atoms with Gasteiger partial charge in [0.1, 0.15) is 5.82 Å². The van der Waals surface area contributed by atoms with Gasteiger partial charge in [-0.2, -0.15) is 0 Å². The Balaban J connectivity index is 0.00000200. The summed E-state index contributed by atoms with van der Waals surface area (Å²) in [5.74, 6) is -0.771. The normalized spacial score (nSPS) is 23.3. The van der Waals surface area contributed by atoms with E-state index >= 15 is 0 Å². The van der Waals surface area contributed by atoms with E-state index in [1.165, 1.54) is 6.07 Å². The summed E-state index contributed by atoms with van der Waals surface area (Å²) in [5, 5.41) is 0. The molecule has 0 spiro atoms. The summed E-state index contributed by atoms with van der Waals surface area (Å²) < 4.78 is 13.7. The fourth-order valence-corrected chi connectivity index (χ4v) is 2.61. The minimum Gasteiger partial charge on any atom is -0.342 e. The van der Waals surface area contributed by atoms with Crippen molar-refractivity contribution in [3.8, 4) is 0 Å². The summed E-state index contributed by atoms with van der Waals surface area (Å²) in [4.78, 5) is 14.2. The van der Waals surface area contributed by atoms with E-state index in [4.69, 9.17) is 5.73 Å². The van der Waals surface area contributed by atoms with E-state index in [9.17, 15) is 9.18 Å². The quantitative estimate of drug-likeness (QED) is 0.932. The molecule has 1 aromatic rings. The Kier molecular flexibility index (Phi) is 5.54. The molecule has 1 fully saturated rings. The highest BCUT2D eigenvalue weighted by molar-refractivity contribution is 5.85. The number of carbonyl (C=O) groups is 1. The summed E-state index contributed by atoms with van der Waals surface area (Å²) in [6, 6.07) is 6.47. The molecule has 1 saturated heterocycles. The van der Waals surface area contributed by atoms with Crippen molar-refractivity contribution >= 4 is 18.3 Å². The molecule has 0 aromatic heterocycles. The second-order valence-electron chi connectivity index (χ2n) is 5.77. The van der Waals surface area contributed by atoms with E-state index in [1.807, 2.05) is 4.90 Å². The van der Waals surface area contributed by atoms with Crippen LogP contribution in [0.3, 0.4) is 0 Å². The van der Waals surface area contributed by atoms with Crippen LogP contribution in [0, 0.1) is 11.2 Å². The molecule has 3 nitrogen and oxygen atoms in total. The lowest BCUT2D eigenvalue weighted by Gasteiger charge is -2.25. The summed E-state index contributed by atoms with van der Waals surface area (Å²) in [6.45, 7) is 5.81. The Morgan fingerprint density at radius 1 is 1.50 bits per heavy atom. The summed E-state index contributed by atoms with van der Waals surface area (Å²) in [6.07, 6.45) is 0.916. The maximum Gasteiger partial charge on any atom is 0.229 e. The van der Waals surface area contributed by atoms with E-state index in [2.05, 4.69) is 6.92 Å². The average Bonchev–Trinajstić information content (AvgIpc) is 2.81. The summed E-state index contributed by atoms with van der Waals surface area (Å²) in [5.41, 5.74) is 6.21. The lowest BCUT2D eigenvalue weighted by atomic mass is 9.90. The number of nitrogens with zero attached hydrogens (tertiary/aromatic N) is 1. The number of nitrogens with two attached hydrogens (primary N) is 1. The van der Waals surface area contributed by atoms with Gasteiger partial charge in [0.15, 0.2) is 0 Å². The van der Waals surface area contributed by atoms with Crippen LogP contribution >= 0.6 is 12.4 Å². The Morgan fingerprint density at radius 3 is 2.70 bits per heavy atom. The molecule has 1 aliphatic heterocycles. The average molecular weight is 301 g/mol.